The van der Waals surface area contributed by atoms with Gasteiger partial charge >= 0.3 is 7.12 Å². The van der Waals surface area contributed by atoms with E-state index in [9.17, 15) is 13.6 Å². The van der Waals surface area contributed by atoms with Crippen LogP contribution in [0.4, 0.5) is 8.78 Å². The molecule has 27 heavy (non-hydrogen) atoms. The summed E-state index contributed by atoms with van der Waals surface area (Å²) in [5.74, 6) is -2.60. The summed E-state index contributed by atoms with van der Waals surface area (Å²) in [5.41, 5.74) is 0.465. The smallest absolute Gasteiger partial charge is 0.399 e. The van der Waals surface area contributed by atoms with Crippen LogP contribution in [-0.4, -0.2) is 48.1 Å². The number of halogens is 2. The molecular weight excluding hydrogens is 351 g/mol. The van der Waals surface area contributed by atoms with Crippen LogP contribution in [0.15, 0.2) is 24.3 Å². The Balaban J connectivity index is 1.70. The zero-order valence-electron chi connectivity index (χ0n) is 16.7. The molecule has 1 aromatic rings. The number of rotatable bonds is 3. The first-order valence-corrected chi connectivity index (χ1v) is 9.58. The lowest BCUT2D eigenvalue weighted by Gasteiger charge is -2.39. The first kappa shape index (κ1) is 20.3. The second-order valence-electron chi connectivity index (χ2n) is 8.61. The van der Waals surface area contributed by atoms with E-state index < -0.39 is 24.2 Å². The molecule has 0 saturated carbocycles. The summed E-state index contributed by atoms with van der Waals surface area (Å²) in [4.78, 5) is 14.1. The van der Waals surface area contributed by atoms with Gasteiger partial charge in [0, 0.05) is 31.5 Å². The molecule has 1 aromatic carbocycles. The molecule has 148 valence electrons. The quantitative estimate of drug-likeness (QED) is 0.755. The SMILES string of the molecule is CC(C)C1(C)OB(c2ccc(C(=O)N3CCC(F)(F)CC3)cc2)OC1(C)C. The zero-order chi connectivity index (χ0) is 20.0. The van der Waals surface area contributed by atoms with E-state index in [1.165, 1.54) is 4.90 Å². The zero-order valence-corrected chi connectivity index (χ0v) is 16.7. The molecule has 0 bridgehead atoms. The van der Waals surface area contributed by atoms with Gasteiger partial charge in [-0.3, -0.25) is 4.79 Å². The first-order valence-electron chi connectivity index (χ1n) is 9.58. The minimum absolute atomic E-state index is 0.0867. The molecule has 0 aliphatic carbocycles. The molecule has 0 aromatic heterocycles. The first-order chi connectivity index (χ1) is 12.5. The van der Waals surface area contributed by atoms with Crippen molar-refractivity contribution in [3.05, 3.63) is 29.8 Å². The van der Waals surface area contributed by atoms with E-state index in [0.717, 1.165) is 5.46 Å². The number of piperidine rings is 1. The lowest BCUT2D eigenvalue weighted by Crippen LogP contribution is -2.48. The normalized spacial score (nSPS) is 27.3. The number of likely N-dealkylation sites (tertiary alicyclic amines) is 1. The van der Waals surface area contributed by atoms with E-state index in [1.807, 2.05) is 26.0 Å². The summed E-state index contributed by atoms with van der Waals surface area (Å²) in [6.07, 6.45) is -0.549. The largest absolute Gasteiger partial charge is 0.494 e. The van der Waals surface area contributed by atoms with E-state index in [2.05, 4.69) is 20.8 Å². The molecule has 0 spiro atoms. The number of alkyl halides is 2. The van der Waals surface area contributed by atoms with Crippen molar-refractivity contribution in [2.24, 2.45) is 5.92 Å². The Morgan fingerprint density at radius 1 is 1.07 bits per heavy atom. The Morgan fingerprint density at radius 3 is 2.11 bits per heavy atom. The van der Waals surface area contributed by atoms with Crippen LogP contribution in [0.3, 0.4) is 0 Å². The van der Waals surface area contributed by atoms with Gasteiger partial charge in [0.2, 0.25) is 0 Å². The summed E-state index contributed by atoms with van der Waals surface area (Å²) in [7, 11) is -0.495. The predicted octanol–water partition coefficient (Wildman–Crippen LogP) is 3.49. The number of carbonyl (C=O) groups excluding carboxylic acids is 1. The van der Waals surface area contributed by atoms with Crippen molar-refractivity contribution in [1.29, 1.82) is 0 Å². The van der Waals surface area contributed by atoms with Crippen LogP contribution >= 0.6 is 0 Å². The number of hydrogen-bond acceptors (Lipinski definition) is 3. The predicted molar refractivity (Wildman–Crippen MR) is 101 cm³/mol. The highest BCUT2D eigenvalue weighted by molar-refractivity contribution is 6.62. The van der Waals surface area contributed by atoms with Gasteiger partial charge in [0.25, 0.3) is 11.8 Å². The van der Waals surface area contributed by atoms with Crippen LogP contribution in [-0.2, 0) is 9.31 Å². The number of benzene rings is 1. The topological polar surface area (TPSA) is 38.8 Å². The van der Waals surface area contributed by atoms with Crippen LogP contribution in [0.1, 0.15) is 57.8 Å². The van der Waals surface area contributed by atoms with Crippen molar-refractivity contribution in [1.82, 2.24) is 4.90 Å². The van der Waals surface area contributed by atoms with Crippen molar-refractivity contribution < 1.29 is 22.9 Å². The van der Waals surface area contributed by atoms with Gasteiger partial charge in [-0.05, 0) is 44.3 Å². The van der Waals surface area contributed by atoms with Crippen LogP contribution in [0, 0.1) is 5.92 Å². The Hall–Kier alpha value is -1.47. The number of carbonyl (C=O) groups is 1. The van der Waals surface area contributed by atoms with Gasteiger partial charge in [0.1, 0.15) is 0 Å². The van der Waals surface area contributed by atoms with Crippen LogP contribution in [0.5, 0.6) is 0 Å². The lowest BCUT2D eigenvalue weighted by molar-refractivity contribution is -0.0494. The highest BCUT2D eigenvalue weighted by Crippen LogP contribution is 2.42. The van der Waals surface area contributed by atoms with E-state index in [0.29, 0.717) is 5.56 Å². The Labute approximate surface area is 160 Å². The maximum absolute atomic E-state index is 13.3. The molecule has 2 aliphatic rings. The highest BCUT2D eigenvalue weighted by Gasteiger charge is 2.56. The highest BCUT2D eigenvalue weighted by atomic mass is 19.3. The third-order valence-corrected chi connectivity index (χ3v) is 6.26. The molecule has 0 N–H and O–H groups in total. The van der Waals surface area contributed by atoms with Crippen LogP contribution in [0.2, 0.25) is 0 Å². The van der Waals surface area contributed by atoms with Gasteiger partial charge < -0.3 is 14.2 Å². The molecule has 2 aliphatic heterocycles. The lowest BCUT2D eigenvalue weighted by atomic mass is 9.78. The van der Waals surface area contributed by atoms with Gasteiger partial charge in [-0.1, -0.05) is 26.0 Å². The van der Waals surface area contributed by atoms with Gasteiger partial charge in [-0.25, -0.2) is 8.78 Å². The van der Waals surface area contributed by atoms with Crippen molar-refractivity contribution in [3.63, 3.8) is 0 Å². The third kappa shape index (κ3) is 3.76. The third-order valence-electron chi connectivity index (χ3n) is 6.26. The molecule has 0 radical (unpaired) electrons. The Morgan fingerprint density at radius 2 is 1.63 bits per heavy atom. The van der Waals surface area contributed by atoms with Crippen LogP contribution in [0.25, 0.3) is 0 Å². The Kier molecular flexibility index (Phi) is 5.14. The molecular formula is C20H28BF2NO3. The van der Waals surface area contributed by atoms with Gasteiger partial charge in [-0.15, -0.1) is 0 Å². The number of nitrogens with zero attached hydrogens (tertiary/aromatic N) is 1. The van der Waals surface area contributed by atoms with E-state index >= 15 is 0 Å². The second kappa shape index (κ2) is 6.85. The van der Waals surface area contributed by atoms with Crippen molar-refractivity contribution in [2.45, 2.75) is 64.6 Å². The minimum Gasteiger partial charge on any atom is -0.399 e. The van der Waals surface area contributed by atoms with Gasteiger partial charge in [0.15, 0.2) is 0 Å². The molecule has 7 heteroatoms. The average molecular weight is 379 g/mol. The molecule has 1 amide bonds. The number of amides is 1. The molecule has 2 saturated heterocycles. The number of hydrogen-bond donors (Lipinski definition) is 0. The standard InChI is InChI=1S/C20H28BF2NO3/c1-14(2)19(5)18(3,4)26-21(27-19)16-8-6-15(7-9-16)17(25)24-12-10-20(22,23)11-13-24/h6-9,14H,10-13H2,1-5H3. The van der Waals surface area contributed by atoms with E-state index in [4.69, 9.17) is 9.31 Å². The summed E-state index contributed by atoms with van der Waals surface area (Å²) < 4.78 is 39.0. The average Bonchev–Trinajstić information content (AvgIpc) is 2.85. The maximum atomic E-state index is 13.3. The summed E-state index contributed by atoms with van der Waals surface area (Å²) in [6.45, 7) is 10.5. The van der Waals surface area contributed by atoms with E-state index in [-0.39, 0.29) is 37.8 Å². The van der Waals surface area contributed by atoms with Crippen molar-refractivity contribution in [3.8, 4) is 0 Å². The van der Waals surface area contributed by atoms with Crippen LogP contribution < -0.4 is 5.46 Å². The van der Waals surface area contributed by atoms with Gasteiger partial charge in [0.05, 0.1) is 11.2 Å². The fraction of sp³-hybridized carbons (Fsp3) is 0.650. The summed E-state index contributed by atoms with van der Waals surface area (Å²) in [5, 5.41) is 0. The van der Waals surface area contributed by atoms with Crippen molar-refractivity contribution in [2.75, 3.05) is 13.1 Å². The molecule has 2 heterocycles. The monoisotopic (exact) mass is 379 g/mol. The summed E-state index contributed by atoms with van der Waals surface area (Å²) >= 11 is 0. The fourth-order valence-electron chi connectivity index (χ4n) is 3.74. The van der Waals surface area contributed by atoms with Crippen molar-refractivity contribution >= 4 is 18.5 Å². The summed E-state index contributed by atoms with van der Waals surface area (Å²) in [6, 6.07) is 7.07. The Bertz CT molecular complexity index is 698. The molecule has 1 unspecified atom stereocenters. The molecule has 4 nitrogen and oxygen atoms in total. The second-order valence-corrected chi connectivity index (χ2v) is 8.61. The molecule has 1 atom stereocenters. The van der Waals surface area contributed by atoms with E-state index in [1.54, 1.807) is 12.1 Å². The maximum Gasteiger partial charge on any atom is 0.494 e. The molecule has 2 fully saturated rings. The molecule has 3 rings (SSSR count). The fourth-order valence-corrected chi connectivity index (χ4v) is 3.74. The minimum atomic E-state index is -2.66. The van der Waals surface area contributed by atoms with Gasteiger partial charge in [-0.2, -0.15) is 0 Å².